The zero-order valence-corrected chi connectivity index (χ0v) is 42.9. The van der Waals surface area contributed by atoms with E-state index in [0.29, 0.717) is 5.89 Å². The summed E-state index contributed by atoms with van der Waals surface area (Å²) in [6.45, 7) is 26.6. The minimum Gasteiger partial charge on any atom is -0.436 e. The van der Waals surface area contributed by atoms with Gasteiger partial charge in [-0.25, -0.2) is 4.98 Å². The molecular weight excluding hydrogens is 858 g/mol. The Kier molecular flexibility index (Phi) is 8.12. The van der Waals surface area contributed by atoms with Crippen LogP contribution in [0.1, 0.15) is 130 Å². The smallest absolute Gasteiger partial charge is 0.333 e. The summed E-state index contributed by atoms with van der Waals surface area (Å²) in [5, 5.41) is 5.48. The number of anilines is 2. The summed E-state index contributed by atoms with van der Waals surface area (Å²) in [7, 11) is 0. The first kappa shape index (κ1) is 41.8. The molecule has 3 aromatic heterocycles. The Bertz CT molecular complexity index is 3890. The largest absolute Gasteiger partial charge is 0.436 e. The predicted octanol–water partition coefficient (Wildman–Crippen LogP) is 16.2. The molecule has 69 heavy (non-hydrogen) atoms. The summed E-state index contributed by atoms with van der Waals surface area (Å²) < 4.78 is 12.3. The van der Waals surface area contributed by atoms with E-state index in [9.17, 15) is 0 Å². The lowest BCUT2D eigenvalue weighted by Gasteiger charge is -2.46. The fourth-order valence-corrected chi connectivity index (χ4v) is 14.7. The summed E-state index contributed by atoms with van der Waals surface area (Å²) in [5.74, 6) is 0.652. The Labute approximate surface area is 410 Å². The molecule has 14 rings (SSSR count). The number of aromatic nitrogens is 2. The van der Waals surface area contributed by atoms with Gasteiger partial charge in [-0.2, -0.15) is 0 Å². The SMILES string of the molecule is CC(C)(C)c1ccc(N2B3c4cc5nc(-c6ccccc6)oc5cc4-n4c5cc6c(cc5c5c7sc8ccccc8c7c(c3c54)-c3cc4c(cc32)C(C)(C)CCC4(C)C)C(C)(C)CCC6(C)C)cc1. The minimum atomic E-state index is -0.160. The Morgan fingerprint density at radius 2 is 1.25 bits per heavy atom. The van der Waals surface area contributed by atoms with Gasteiger partial charge in [0.05, 0.1) is 11.0 Å². The number of thiophene rings is 1. The van der Waals surface area contributed by atoms with Gasteiger partial charge in [0.15, 0.2) is 5.58 Å². The van der Waals surface area contributed by atoms with Crippen molar-refractivity contribution in [2.75, 3.05) is 4.81 Å². The van der Waals surface area contributed by atoms with Crippen LogP contribution in [0, 0.1) is 0 Å². The molecule has 0 saturated carbocycles. The van der Waals surface area contributed by atoms with Gasteiger partial charge in [-0.05, 0) is 158 Å². The lowest BCUT2D eigenvalue weighted by Crippen LogP contribution is -2.60. The third-order valence-electron chi connectivity index (χ3n) is 17.7. The quantitative estimate of drug-likeness (QED) is 0.162. The molecule has 0 unspecified atom stereocenters. The lowest BCUT2D eigenvalue weighted by atomic mass is 9.43. The monoisotopic (exact) mass is 917 g/mol. The van der Waals surface area contributed by atoms with Gasteiger partial charge in [0.2, 0.25) is 5.89 Å². The molecule has 2 aliphatic carbocycles. The van der Waals surface area contributed by atoms with Crippen molar-refractivity contribution in [2.24, 2.45) is 0 Å². The van der Waals surface area contributed by atoms with E-state index in [1.165, 1.54) is 115 Å². The van der Waals surface area contributed by atoms with Crippen LogP contribution in [0.15, 0.2) is 120 Å². The molecule has 0 bridgehead atoms. The number of hydrogen-bond acceptors (Lipinski definition) is 4. The average Bonchev–Trinajstić information content (AvgIpc) is 4.02. The second-order valence-corrected chi connectivity index (χ2v) is 25.9. The number of hydrogen-bond donors (Lipinski definition) is 0. The van der Waals surface area contributed by atoms with Gasteiger partial charge in [-0.15, -0.1) is 11.3 Å². The zero-order chi connectivity index (χ0) is 47.5. The molecule has 4 nitrogen and oxygen atoms in total. The van der Waals surface area contributed by atoms with E-state index in [0.717, 1.165) is 35.9 Å². The highest BCUT2D eigenvalue weighted by Crippen LogP contribution is 2.57. The number of nitrogens with zero attached hydrogens (tertiary/aromatic N) is 3. The summed E-state index contributed by atoms with van der Waals surface area (Å²) in [6, 6.07) is 44.5. The van der Waals surface area contributed by atoms with Crippen molar-refractivity contribution < 1.29 is 4.42 Å². The second kappa shape index (κ2) is 13.4. The van der Waals surface area contributed by atoms with E-state index in [2.05, 4.69) is 201 Å². The molecule has 0 fully saturated rings. The average molecular weight is 918 g/mol. The van der Waals surface area contributed by atoms with Crippen LogP contribution in [0.3, 0.4) is 0 Å². The van der Waals surface area contributed by atoms with E-state index < -0.39 is 0 Å². The highest BCUT2D eigenvalue weighted by atomic mass is 32.1. The highest BCUT2D eigenvalue weighted by Gasteiger charge is 2.49. The van der Waals surface area contributed by atoms with Gasteiger partial charge >= 0.3 is 6.85 Å². The zero-order valence-electron chi connectivity index (χ0n) is 42.0. The Morgan fingerprint density at radius 3 is 1.93 bits per heavy atom. The first-order chi connectivity index (χ1) is 32.8. The first-order valence-corrected chi connectivity index (χ1v) is 26.2. The maximum Gasteiger partial charge on any atom is 0.333 e. The lowest BCUT2D eigenvalue weighted by molar-refractivity contribution is 0.332. The van der Waals surface area contributed by atoms with Crippen LogP contribution in [0.5, 0.6) is 0 Å². The normalized spacial score (nSPS) is 18.2. The van der Waals surface area contributed by atoms with E-state index in [1.54, 1.807) is 0 Å². The summed E-state index contributed by atoms with van der Waals surface area (Å²) in [4.78, 5) is 8.05. The Hall–Kier alpha value is -6.11. The molecule has 0 spiro atoms. The maximum atomic E-state index is 6.84. The molecule has 10 aromatic rings. The summed E-state index contributed by atoms with van der Waals surface area (Å²) in [5.41, 5.74) is 21.8. The number of benzene rings is 7. The van der Waals surface area contributed by atoms with Crippen molar-refractivity contribution in [3.05, 3.63) is 143 Å². The molecule has 5 heterocycles. The van der Waals surface area contributed by atoms with Gasteiger partial charge in [-0.3, -0.25) is 0 Å². The van der Waals surface area contributed by atoms with Crippen LogP contribution in [0.25, 0.3) is 81.3 Å². The molecule has 0 amide bonds. The standard InChI is InChI=1S/C63H60BN3OS/c1-59(2,3)36-21-23-37(24-22-36)67-48-32-44-42(61(6,7)26-28-63(44,10)11)30-40(48)52-53-38-19-15-16-20-51(38)69-57(53)54-39-29-41-43(62(8,9)27-25-60(41,4)5)31-47(39)66-49-34-50-46(33-45(49)64(67)55(52)56(54)66)65-58(68-50)35-17-13-12-14-18-35/h12-24,29-34H,25-28H2,1-11H3. The fourth-order valence-electron chi connectivity index (χ4n) is 13.4. The van der Waals surface area contributed by atoms with Crippen LogP contribution in [-0.4, -0.2) is 16.4 Å². The van der Waals surface area contributed by atoms with Gasteiger partial charge in [0, 0.05) is 65.2 Å². The van der Waals surface area contributed by atoms with Crippen molar-refractivity contribution in [3.8, 4) is 28.3 Å². The molecule has 6 heteroatoms. The van der Waals surface area contributed by atoms with Gasteiger partial charge in [-0.1, -0.05) is 125 Å². The molecule has 0 atom stereocenters. The van der Waals surface area contributed by atoms with Crippen molar-refractivity contribution in [3.63, 3.8) is 0 Å². The Morgan fingerprint density at radius 1 is 0.623 bits per heavy atom. The second-order valence-electron chi connectivity index (χ2n) is 24.8. The fraction of sp³-hybridized carbons (Fsp3) is 0.317. The topological polar surface area (TPSA) is 34.2 Å². The first-order valence-electron chi connectivity index (χ1n) is 25.4. The highest BCUT2D eigenvalue weighted by molar-refractivity contribution is 7.27. The van der Waals surface area contributed by atoms with E-state index in [4.69, 9.17) is 9.40 Å². The third-order valence-corrected chi connectivity index (χ3v) is 18.9. The molecule has 7 aromatic carbocycles. The van der Waals surface area contributed by atoms with Gasteiger partial charge in [0.1, 0.15) is 5.52 Å². The number of fused-ring (bicyclic) bond motifs is 16. The van der Waals surface area contributed by atoms with E-state index in [1.807, 2.05) is 11.3 Å². The molecule has 342 valence electrons. The summed E-state index contributed by atoms with van der Waals surface area (Å²) >= 11 is 1.99. The van der Waals surface area contributed by atoms with E-state index >= 15 is 0 Å². The van der Waals surface area contributed by atoms with Crippen molar-refractivity contribution >= 4 is 93.6 Å². The van der Waals surface area contributed by atoms with Gasteiger partial charge in [0.25, 0.3) is 0 Å². The van der Waals surface area contributed by atoms with E-state index in [-0.39, 0.29) is 33.9 Å². The van der Waals surface area contributed by atoms with Crippen LogP contribution >= 0.6 is 11.3 Å². The molecule has 0 radical (unpaired) electrons. The summed E-state index contributed by atoms with van der Waals surface area (Å²) in [6.07, 6.45) is 4.64. The van der Waals surface area contributed by atoms with Crippen LogP contribution in [-0.2, 0) is 27.1 Å². The van der Waals surface area contributed by atoms with Crippen LogP contribution in [0.4, 0.5) is 11.4 Å². The predicted molar refractivity (Wildman–Crippen MR) is 295 cm³/mol. The molecule has 0 N–H and O–H groups in total. The minimum absolute atomic E-state index is 0.0209. The van der Waals surface area contributed by atoms with Crippen LogP contribution in [0.2, 0.25) is 0 Å². The van der Waals surface area contributed by atoms with Crippen molar-refractivity contribution in [1.82, 2.24) is 9.55 Å². The molecule has 4 aliphatic rings. The molecule has 0 saturated heterocycles. The van der Waals surface area contributed by atoms with Gasteiger partial charge < -0.3 is 13.8 Å². The van der Waals surface area contributed by atoms with Crippen molar-refractivity contribution in [1.29, 1.82) is 0 Å². The van der Waals surface area contributed by atoms with Crippen molar-refractivity contribution in [2.45, 2.75) is 129 Å². The van der Waals surface area contributed by atoms with Crippen LogP contribution < -0.4 is 15.7 Å². The number of rotatable bonds is 2. The number of oxazole rings is 1. The molecular formula is C63H60BN3OS. The maximum absolute atomic E-state index is 6.84. The molecule has 2 aliphatic heterocycles. The Balaban J connectivity index is 1.22. The third kappa shape index (κ3) is 5.61.